The monoisotopic (exact) mass is 343 g/mol. The molecule has 0 saturated carbocycles. The summed E-state index contributed by atoms with van der Waals surface area (Å²) in [4.78, 5) is 12.7. The van der Waals surface area contributed by atoms with Crippen LogP contribution < -0.4 is 5.32 Å². The SMILES string of the molecule is Cc1ccsc1C(=O)NCc1ccc(COCC(F)(F)F)cc1. The predicted octanol–water partition coefficient (Wildman–Crippen LogP) is 4.07. The van der Waals surface area contributed by atoms with E-state index in [2.05, 4.69) is 10.1 Å². The van der Waals surface area contributed by atoms with Crippen molar-refractivity contribution in [1.82, 2.24) is 5.32 Å². The number of hydrogen-bond donors (Lipinski definition) is 1. The maximum absolute atomic E-state index is 12.0. The van der Waals surface area contributed by atoms with Crippen molar-refractivity contribution in [1.29, 1.82) is 0 Å². The topological polar surface area (TPSA) is 38.3 Å². The predicted molar refractivity (Wildman–Crippen MR) is 82.4 cm³/mol. The molecular formula is C16H16F3NO2S. The number of amides is 1. The van der Waals surface area contributed by atoms with Gasteiger partial charge in [0.15, 0.2) is 0 Å². The Morgan fingerprint density at radius 1 is 1.17 bits per heavy atom. The Bertz CT molecular complexity index is 650. The second kappa shape index (κ2) is 7.61. The molecule has 0 atom stereocenters. The lowest BCUT2D eigenvalue weighted by Gasteiger charge is -2.09. The van der Waals surface area contributed by atoms with E-state index in [9.17, 15) is 18.0 Å². The van der Waals surface area contributed by atoms with Crippen LogP contribution in [0, 0.1) is 6.92 Å². The van der Waals surface area contributed by atoms with Crippen LogP contribution in [0.3, 0.4) is 0 Å². The van der Waals surface area contributed by atoms with Crippen molar-refractivity contribution in [2.75, 3.05) is 6.61 Å². The van der Waals surface area contributed by atoms with Gasteiger partial charge in [0.25, 0.3) is 5.91 Å². The number of carbonyl (C=O) groups excluding carboxylic acids is 1. The average Bonchev–Trinajstić information content (AvgIpc) is 2.91. The zero-order valence-electron chi connectivity index (χ0n) is 12.4. The number of carbonyl (C=O) groups is 1. The van der Waals surface area contributed by atoms with Gasteiger partial charge in [-0.2, -0.15) is 13.2 Å². The molecule has 0 spiro atoms. The minimum Gasteiger partial charge on any atom is -0.367 e. The molecule has 2 rings (SSSR count). The molecule has 1 amide bonds. The van der Waals surface area contributed by atoms with Gasteiger partial charge >= 0.3 is 6.18 Å². The van der Waals surface area contributed by atoms with Crippen LogP contribution in [0.4, 0.5) is 13.2 Å². The van der Waals surface area contributed by atoms with E-state index in [1.165, 1.54) is 11.3 Å². The van der Waals surface area contributed by atoms with Crippen LogP contribution >= 0.6 is 11.3 Å². The number of rotatable bonds is 6. The van der Waals surface area contributed by atoms with E-state index in [0.29, 0.717) is 17.0 Å². The van der Waals surface area contributed by atoms with E-state index in [4.69, 9.17) is 0 Å². The summed E-state index contributed by atoms with van der Waals surface area (Å²) in [6.45, 7) is 0.881. The van der Waals surface area contributed by atoms with Crippen LogP contribution in [0.15, 0.2) is 35.7 Å². The zero-order chi connectivity index (χ0) is 16.9. The molecule has 7 heteroatoms. The van der Waals surface area contributed by atoms with E-state index < -0.39 is 12.8 Å². The van der Waals surface area contributed by atoms with E-state index in [-0.39, 0.29) is 12.5 Å². The molecule has 0 unspecified atom stereocenters. The van der Waals surface area contributed by atoms with Crippen molar-refractivity contribution in [2.24, 2.45) is 0 Å². The van der Waals surface area contributed by atoms with Crippen LogP contribution in [-0.4, -0.2) is 18.7 Å². The lowest BCUT2D eigenvalue weighted by atomic mass is 10.1. The normalized spacial score (nSPS) is 11.5. The fourth-order valence-corrected chi connectivity index (χ4v) is 2.75. The van der Waals surface area contributed by atoms with Gasteiger partial charge in [0.05, 0.1) is 11.5 Å². The first kappa shape index (κ1) is 17.5. The summed E-state index contributed by atoms with van der Waals surface area (Å²) in [6.07, 6.45) is -4.32. The number of alkyl halides is 3. The Kier molecular flexibility index (Phi) is 5.79. The number of thiophene rings is 1. The molecular weight excluding hydrogens is 327 g/mol. The summed E-state index contributed by atoms with van der Waals surface area (Å²) < 4.78 is 40.5. The molecule has 0 aliphatic carbocycles. The van der Waals surface area contributed by atoms with E-state index in [1.807, 2.05) is 18.4 Å². The van der Waals surface area contributed by atoms with E-state index in [0.717, 1.165) is 11.1 Å². The van der Waals surface area contributed by atoms with Crippen LogP contribution in [0.25, 0.3) is 0 Å². The first-order valence-electron chi connectivity index (χ1n) is 6.90. The fraction of sp³-hybridized carbons (Fsp3) is 0.312. The molecule has 0 aliphatic heterocycles. The van der Waals surface area contributed by atoms with Crippen molar-refractivity contribution in [3.8, 4) is 0 Å². The molecule has 124 valence electrons. The molecule has 1 aromatic heterocycles. The maximum atomic E-state index is 12.0. The van der Waals surface area contributed by atoms with Crippen LogP contribution in [0.5, 0.6) is 0 Å². The Hall–Kier alpha value is -1.86. The number of ether oxygens (including phenoxy) is 1. The molecule has 0 fully saturated rings. The molecule has 0 saturated heterocycles. The molecule has 1 aromatic carbocycles. The summed E-state index contributed by atoms with van der Waals surface area (Å²) in [7, 11) is 0. The number of nitrogens with one attached hydrogen (secondary N) is 1. The van der Waals surface area contributed by atoms with Crippen molar-refractivity contribution in [3.63, 3.8) is 0 Å². The Balaban J connectivity index is 1.81. The van der Waals surface area contributed by atoms with Crippen LogP contribution in [0.2, 0.25) is 0 Å². The highest BCUT2D eigenvalue weighted by Crippen LogP contribution is 2.17. The molecule has 1 heterocycles. The van der Waals surface area contributed by atoms with Gasteiger partial charge in [-0.15, -0.1) is 11.3 Å². The second-order valence-corrected chi connectivity index (χ2v) is 5.96. The third-order valence-electron chi connectivity index (χ3n) is 3.08. The number of aryl methyl sites for hydroxylation is 1. The molecule has 0 bridgehead atoms. The van der Waals surface area contributed by atoms with Gasteiger partial charge in [0.2, 0.25) is 0 Å². The maximum Gasteiger partial charge on any atom is 0.411 e. The quantitative estimate of drug-likeness (QED) is 0.859. The number of halogens is 3. The van der Waals surface area contributed by atoms with E-state index in [1.54, 1.807) is 24.3 Å². The van der Waals surface area contributed by atoms with Gasteiger partial charge in [-0.3, -0.25) is 4.79 Å². The summed E-state index contributed by atoms with van der Waals surface area (Å²) >= 11 is 1.39. The summed E-state index contributed by atoms with van der Waals surface area (Å²) in [5.74, 6) is -0.130. The smallest absolute Gasteiger partial charge is 0.367 e. The van der Waals surface area contributed by atoms with Crippen LogP contribution in [-0.2, 0) is 17.9 Å². The van der Waals surface area contributed by atoms with E-state index >= 15 is 0 Å². The molecule has 2 aromatic rings. The highest BCUT2D eigenvalue weighted by atomic mass is 32.1. The molecule has 23 heavy (non-hydrogen) atoms. The minimum absolute atomic E-state index is 0.0967. The summed E-state index contributed by atoms with van der Waals surface area (Å²) in [5, 5.41) is 4.68. The highest BCUT2D eigenvalue weighted by molar-refractivity contribution is 7.12. The van der Waals surface area contributed by atoms with Gasteiger partial charge in [-0.25, -0.2) is 0 Å². The number of benzene rings is 1. The Morgan fingerprint density at radius 3 is 2.39 bits per heavy atom. The van der Waals surface area contributed by atoms with Crippen molar-refractivity contribution in [2.45, 2.75) is 26.3 Å². The first-order chi connectivity index (χ1) is 10.8. The minimum atomic E-state index is -4.32. The molecule has 1 N–H and O–H groups in total. The third-order valence-corrected chi connectivity index (χ3v) is 4.09. The Labute approximate surface area is 136 Å². The van der Waals surface area contributed by atoms with Gasteiger partial charge in [0.1, 0.15) is 6.61 Å². The van der Waals surface area contributed by atoms with Gasteiger partial charge < -0.3 is 10.1 Å². The molecule has 0 aliphatic rings. The fourth-order valence-electron chi connectivity index (χ4n) is 1.91. The first-order valence-corrected chi connectivity index (χ1v) is 7.78. The largest absolute Gasteiger partial charge is 0.411 e. The standard InChI is InChI=1S/C16H16F3NO2S/c1-11-6-7-23-14(11)15(21)20-8-12-2-4-13(5-3-12)9-22-10-16(17,18)19/h2-7H,8-10H2,1H3,(H,20,21). The highest BCUT2D eigenvalue weighted by Gasteiger charge is 2.27. The van der Waals surface area contributed by atoms with Gasteiger partial charge in [0, 0.05) is 6.54 Å². The van der Waals surface area contributed by atoms with Gasteiger partial charge in [-0.1, -0.05) is 24.3 Å². The second-order valence-electron chi connectivity index (χ2n) is 5.04. The third kappa shape index (κ3) is 5.69. The van der Waals surface area contributed by atoms with Gasteiger partial charge in [-0.05, 0) is 35.1 Å². The van der Waals surface area contributed by atoms with Crippen molar-refractivity contribution in [3.05, 3.63) is 57.3 Å². The lowest BCUT2D eigenvalue weighted by Crippen LogP contribution is -2.22. The summed E-state index contributed by atoms with van der Waals surface area (Å²) in [5.41, 5.74) is 2.45. The average molecular weight is 343 g/mol. The number of hydrogen-bond acceptors (Lipinski definition) is 3. The van der Waals surface area contributed by atoms with Crippen molar-refractivity contribution >= 4 is 17.2 Å². The van der Waals surface area contributed by atoms with Crippen LogP contribution in [0.1, 0.15) is 26.4 Å². The molecule has 0 radical (unpaired) electrons. The Morgan fingerprint density at radius 2 is 1.83 bits per heavy atom. The molecule has 3 nitrogen and oxygen atoms in total. The lowest BCUT2D eigenvalue weighted by molar-refractivity contribution is -0.176. The zero-order valence-corrected chi connectivity index (χ0v) is 13.3. The summed E-state index contributed by atoms with van der Waals surface area (Å²) in [6, 6.07) is 8.78. The van der Waals surface area contributed by atoms with Crippen molar-refractivity contribution < 1.29 is 22.7 Å².